The molecule has 0 saturated carbocycles. The lowest BCUT2D eigenvalue weighted by Gasteiger charge is -2.23. The summed E-state index contributed by atoms with van der Waals surface area (Å²) in [6.45, 7) is 5.84. The van der Waals surface area contributed by atoms with Crippen molar-refractivity contribution in [3.63, 3.8) is 0 Å². The first-order valence-corrected chi connectivity index (χ1v) is 11.1. The van der Waals surface area contributed by atoms with Gasteiger partial charge in [-0.05, 0) is 61.5 Å². The highest BCUT2D eigenvalue weighted by Gasteiger charge is 2.25. The number of nitrogens with one attached hydrogen (secondary N) is 2. The molecule has 3 rings (SSSR count). The number of hydrogen-bond acceptors (Lipinski definition) is 5. The van der Waals surface area contributed by atoms with Crippen molar-refractivity contribution in [3.05, 3.63) is 53.5 Å². The van der Waals surface area contributed by atoms with E-state index in [4.69, 9.17) is 27.5 Å². The fraction of sp³-hybridized carbons (Fsp3) is 0.250. The number of benzene rings is 2. The number of furan rings is 1. The van der Waals surface area contributed by atoms with Crippen LogP contribution in [0.15, 0.2) is 45.7 Å². The maximum atomic E-state index is 13.6. The number of aryl methyl sites for hydroxylation is 1. The number of halogens is 1. The third-order valence-electron chi connectivity index (χ3n) is 4.77. The maximum absolute atomic E-state index is 13.6. The SMILES string of the molecule is Cc1c(C(NC(=S)Nc2cc(S(N)(=O)=O)ccc2N)C(C)C)oc2ccc(F)cc12. The Kier molecular flexibility index (Phi) is 6.02. The van der Waals surface area contributed by atoms with Crippen molar-refractivity contribution in [2.45, 2.75) is 31.7 Å². The van der Waals surface area contributed by atoms with Crippen LogP contribution in [0.2, 0.25) is 0 Å². The minimum Gasteiger partial charge on any atom is -0.459 e. The van der Waals surface area contributed by atoms with Gasteiger partial charge in [-0.25, -0.2) is 17.9 Å². The Bertz CT molecular complexity index is 1220. The molecule has 7 nitrogen and oxygen atoms in total. The van der Waals surface area contributed by atoms with Crippen LogP contribution in [0.1, 0.15) is 31.2 Å². The number of hydrogen-bond donors (Lipinski definition) is 4. The van der Waals surface area contributed by atoms with E-state index < -0.39 is 10.0 Å². The van der Waals surface area contributed by atoms with E-state index in [0.29, 0.717) is 28.1 Å². The van der Waals surface area contributed by atoms with E-state index in [0.717, 1.165) is 5.56 Å². The summed E-state index contributed by atoms with van der Waals surface area (Å²) in [6, 6.07) is 8.13. The lowest BCUT2D eigenvalue weighted by Crippen LogP contribution is -2.35. The molecule has 0 aliphatic heterocycles. The van der Waals surface area contributed by atoms with Gasteiger partial charge in [0.15, 0.2) is 5.11 Å². The normalized spacial score (nSPS) is 12.9. The van der Waals surface area contributed by atoms with Gasteiger partial charge >= 0.3 is 0 Å². The van der Waals surface area contributed by atoms with Crippen LogP contribution < -0.4 is 21.5 Å². The molecule has 160 valence electrons. The molecule has 3 aromatic rings. The molecular formula is C20H23FN4O3S2. The van der Waals surface area contributed by atoms with Gasteiger partial charge in [0, 0.05) is 10.9 Å². The van der Waals surface area contributed by atoms with Crippen molar-refractivity contribution in [1.82, 2.24) is 5.32 Å². The average Bonchev–Trinajstić information content (AvgIpc) is 2.96. The van der Waals surface area contributed by atoms with Crippen LogP contribution in [-0.4, -0.2) is 13.5 Å². The van der Waals surface area contributed by atoms with E-state index in [1.807, 2.05) is 20.8 Å². The summed E-state index contributed by atoms with van der Waals surface area (Å²) >= 11 is 5.41. The Morgan fingerprint density at radius 3 is 2.53 bits per heavy atom. The van der Waals surface area contributed by atoms with E-state index in [-0.39, 0.29) is 27.8 Å². The smallest absolute Gasteiger partial charge is 0.238 e. The first-order chi connectivity index (χ1) is 14.0. The Hall–Kier alpha value is -2.69. The van der Waals surface area contributed by atoms with Crippen LogP contribution in [0, 0.1) is 18.7 Å². The van der Waals surface area contributed by atoms with Gasteiger partial charge in [-0.1, -0.05) is 13.8 Å². The molecule has 1 heterocycles. The second kappa shape index (κ2) is 8.21. The van der Waals surface area contributed by atoms with Crippen LogP contribution >= 0.6 is 12.2 Å². The van der Waals surface area contributed by atoms with Crippen LogP contribution in [0.5, 0.6) is 0 Å². The molecule has 0 amide bonds. The summed E-state index contributed by atoms with van der Waals surface area (Å²) in [4.78, 5) is -0.0856. The predicted octanol–water partition coefficient (Wildman–Crippen LogP) is 3.79. The second-order valence-corrected chi connectivity index (χ2v) is 9.32. The number of nitrogen functional groups attached to an aromatic ring is 1. The van der Waals surface area contributed by atoms with Crippen LogP contribution in [0.4, 0.5) is 15.8 Å². The highest BCUT2D eigenvalue weighted by Crippen LogP contribution is 2.33. The summed E-state index contributed by atoms with van der Waals surface area (Å²) in [7, 11) is -3.89. The number of primary sulfonamides is 1. The Morgan fingerprint density at radius 1 is 1.20 bits per heavy atom. The highest BCUT2D eigenvalue weighted by molar-refractivity contribution is 7.89. The summed E-state index contributed by atoms with van der Waals surface area (Å²) in [5, 5.41) is 12.2. The van der Waals surface area contributed by atoms with Gasteiger partial charge in [0.2, 0.25) is 10.0 Å². The monoisotopic (exact) mass is 450 g/mol. The van der Waals surface area contributed by atoms with Gasteiger partial charge in [0.05, 0.1) is 22.3 Å². The zero-order valence-corrected chi connectivity index (χ0v) is 18.3. The van der Waals surface area contributed by atoms with Crippen LogP contribution in [0.3, 0.4) is 0 Å². The minimum absolute atomic E-state index is 0.0713. The number of sulfonamides is 1. The van der Waals surface area contributed by atoms with E-state index >= 15 is 0 Å². The third-order valence-corrected chi connectivity index (χ3v) is 5.90. The van der Waals surface area contributed by atoms with Gasteiger partial charge in [-0.15, -0.1) is 0 Å². The van der Waals surface area contributed by atoms with Crippen molar-refractivity contribution in [2.24, 2.45) is 11.1 Å². The van der Waals surface area contributed by atoms with Crippen molar-refractivity contribution in [3.8, 4) is 0 Å². The molecule has 0 saturated heterocycles. The predicted molar refractivity (Wildman–Crippen MR) is 120 cm³/mol. The average molecular weight is 451 g/mol. The molecule has 0 spiro atoms. The summed E-state index contributed by atoms with van der Waals surface area (Å²) in [5.41, 5.74) is 7.95. The summed E-state index contributed by atoms with van der Waals surface area (Å²) in [5.74, 6) is 0.373. The summed E-state index contributed by atoms with van der Waals surface area (Å²) in [6.07, 6.45) is 0. The number of thiocarbonyl (C=S) groups is 1. The lowest BCUT2D eigenvalue weighted by atomic mass is 9.98. The Balaban J connectivity index is 1.88. The molecule has 1 unspecified atom stereocenters. The molecule has 6 N–H and O–H groups in total. The Morgan fingerprint density at radius 2 is 1.90 bits per heavy atom. The second-order valence-electron chi connectivity index (χ2n) is 7.35. The Labute approximate surface area is 179 Å². The zero-order valence-electron chi connectivity index (χ0n) is 16.7. The molecule has 0 aliphatic rings. The van der Waals surface area contributed by atoms with E-state index in [1.165, 1.54) is 30.3 Å². The molecule has 0 bridgehead atoms. The number of nitrogens with two attached hydrogens (primary N) is 2. The first kappa shape index (κ1) is 22.0. The lowest BCUT2D eigenvalue weighted by molar-refractivity contribution is 0.388. The van der Waals surface area contributed by atoms with Gasteiger partial charge in [0.25, 0.3) is 0 Å². The molecule has 0 radical (unpaired) electrons. The molecule has 2 aromatic carbocycles. The standard InChI is InChI=1S/C20H23FN4O3S2/c1-10(2)18(19-11(3)14-8-12(21)4-7-17(14)28-19)25-20(29)24-16-9-13(30(23,26)27)5-6-15(16)22/h4-10,18H,22H2,1-3H3,(H2,23,26,27)(H2,24,25,29). The number of anilines is 2. The third kappa shape index (κ3) is 4.55. The molecule has 1 atom stereocenters. The van der Waals surface area contributed by atoms with Crippen molar-refractivity contribution >= 4 is 49.7 Å². The van der Waals surface area contributed by atoms with E-state index in [1.54, 1.807) is 6.07 Å². The molecule has 0 fully saturated rings. The first-order valence-electron chi connectivity index (χ1n) is 9.15. The van der Waals surface area contributed by atoms with E-state index in [2.05, 4.69) is 10.6 Å². The van der Waals surface area contributed by atoms with Crippen LogP contribution in [0.25, 0.3) is 11.0 Å². The quantitative estimate of drug-likeness (QED) is 0.344. The zero-order chi connectivity index (χ0) is 22.2. The van der Waals surface area contributed by atoms with Gasteiger partial charge < -0.3 is 20.8 Å². The summed E-state index contributed by atoms with van der Waals surface area (Å²) < 4.78 is 42.8. The highest BCUT2D eigenvalue weighted by atomic mass is 32.2. The molecule has 1 aromatic heterocycles. The number of rotatable bonds is 5. The number of fused-ring (bicyclic) bond motifs is 1. The van der Waals surface area contributed by atoms with Crippen molar-refractivity contribution in [2.75, 3.05) is 11.1 Å². The molecule has 0 aliphatic carbocycles. The van der Waals surface area contributed by atoms with Crippen LogP contribution in [-0.2, 0) is 10.0 Å². The molecule has 30 heavy (non-hydrogen) atoms. The topological polar surface area (TPSA) is 123 Å². The van der Waals surface area contributed by atoms with Crippen molar-refractivity contribution < 1.29 is 17.2 Å². The van der Waals surface area contributed by atoms with E-state index in [9.17, 15) is 12.8 Å². The largest absolute Gasteiger partial charge is 0.459 e. The van der Waals surface area contributed by atoms with Gasteiger partial charge in [-0.2, -0.15) is 0 Å². The van der Waals surface area contributed by atoms with Crippen molar-refractivity contribution in [1.29, 1.82) is 0 Å². The minimum atomic E-state index is -3.89. The van der Waals surface area contributed by atoms with Gasteiger partial charge in [-0.3, -0.25) is 0 Å². The maximum Gasteiger partial charge on any atom is 0.238 e. The fourth-order valence-corrected chi connectivity index (χ4v) is 3.94. The molecular weight excluding hydrogens is 427 g/mol. The van der Waals surface area contributed by atoms with Gasteiger partial charge in [0.1, 0.15) is 17.2 Å². The molecule has 10 heteroatoms. The fourth-order valence-electron chi connectivity index (χ4n) is 3.16.